The molecular weight excluding hydrogens is 460 g/mol. The second kappa shape index (κ2) is 9.87. The molecule has 0 unspecified atom stereocenters. The van der Waals surface area contributed by atoms with E-state index < -0.39 is 0 Å². The molecule has 3 heterocycles. The van der Waals surface area contributed by atoms with Crippen LogP contribution in [-0.4, -0.2) is 52.5 Å². The third-order valence-corrected chi connectivity index (χ3v) is 8.07. The number of carbonyl (C=O) groups is 2. The summed E-state index contributed by atoms with van der Waals surface area (Å²) in [6.45, 7) is 5.81. The van der Waals surface area contributed by atoms with E-state index in [-0.39, 0.29) is 29.4 Å². The van der Waals surface area contributed by atoms with Crippen molar-refractivity contribution in [1.82, 2.24) is 20.2 Å². The molecule has 1 saturated heterocycles. The van der Waals surface area contributed by atoms with Gasteiger partial charge in [-0.25, -0.2) is 4.98 Å². The van der Waals surface area contributed by atoms with Gasteiger partial charge in [-0.05, 0) is 49.9 Å². The van der Waals surface area contributed by atoms with Gasteiger partial charge in [-0.3, -0.25) is 14.6 Å². The first-order valence-electron chi connectivity index (χ1n) is 12.1. The number of aromatic nitrogens is 2. The number of hydrogen-bond donors (Lipinski definition) is 1. The number of piperidine rings is 1. The SMILES string of the molecule is CCO[C@H]1[C@H](NC(=O)c2cccnc2)c2ccccc2C12CCN(C(=O)Cc1csc(C)n1)CC2. The van der Waals surface area contributed by atoms with E-state index >= 15 is 0 Å². The molecule has 2 aromatic heterocycles. The van der Waals surface area contributed by atoms with Crippen LogP contribution in [0.4, 0.5) is 0 Å². The molecule has 3 aromatic rings. The molecule has 1 aliphatic carbocycles. The summed E-state index contributed by atoms with van der Waals surface area (Å²) in [6.07, 6.45) is 4.95. The standard InChI is InChI=1S/C27H30N4O3S/c1-3-34-25-24(30-26(33)19-7-6-12-28-16-19)21-8-4-5-9-22(21)27(25)10-13-31(14-11-27)23(32)15-20-17-35-18(2)29-20/h4-9,12,16-17,24-25H,3,10-11,13-15H2,1-2H3,(H,30,33)/t24-,25+/m1/s1. The molecule has 182 valence electrons. The van der Waals surface area contributed by atoms with Gasteiger partial charge in [-0.1, -0.05) is 24.3 Å². The van der Waals surface area contributed by atoms with Crippen LogP contribution in [0.15, 0.2) is 54.2 Å². The third-order valence-electron chi connectivity index (χ3n) is 7.24. The number of nitrogens with zero attached hydrogens (tertiary/aromatic N) is 3. The smallest absolute Gasteiger partial charge is 0.253 e. The summed E-state index contributed by atoms with van der Waals surface area (Å²) in [6, 6.07) is 11.6. The molecule has 35 heavy (non-hydrogen) atoms. The Labute approximate surface area is 209 Å². The van der Waals surface area contributed by atoms with Crippen LogP contribution >= 0.6 is 11.3 Å². The predicted molar refractivity (Wildman–Crippen MR) is 134 cm³/mol. The lowest BCUT2D eigenvalue weighted by molar-refractivity contribution is -0.133. The average Bonchev–Trinajstić information content (AvgIpc) is 3.40. The van der Waals surface area contributed by atoms with Gasteiger partial charge in [-0.2, -0.15) is 0 Å². The number of fused-ring (bicyclic) bond motifs is 2. The van der Waals surface area contributed by atoms with Gasteiger partial charge in [0.05, 0.1) is 34.8 Å². The summed E-state index contributed by atoms with van der Waals surface area (Å²) in [4.78, 5) is 36.6. The summed E-state index contributed by atoms with van der Waals surface area (Å²) in [7, 11) is 0. The number of ether oxygens (including phenoxy) is 1. The lowest BCUT2D eigenvalue weighted by Gasteiger charge is -2.44. The quantitative estimate of drug-likeness (QED) is 0.568. The largest absolute Gasteiger partial charge is 0.375 e. The van der Waals surface area contributed by atoms with Crippen LogP contribution in [0.3, 0.4) is 0 Å². The Morgan fingerprint density at radius 1 is 1.20 bits per heavy atom. The van der Waals surface area contributed by atoms with E-state index in [0.29, 0.717) is 31.7 Å². The fourth-order valence-corrected chi connectivity index (χ4v) is 6.25. The Kier molecular flexibility index (Phi) is 6.67. The maximum Gasteiger partial charge on any atom is 0.253 e. The molecule has 8 heteroatoms. The van der Waals surface area contributed by atoms with Gasteiger partial charge in [0.15, 0.2) is 0 Å². The minimum atomic E-state index is -0.265. The number of rotatable bonds is 6. The second-order valence-corrected chi connectivity index (χ2v) is 10.3. The van der Waals surface area contributed by atoms with Crippen LogP contribution in [-0.2, 0) is 21.4 Å². The molecule has 0 saturated carbocycles. The molecule has 2 amide bonds. The molecule has 0 radical (unpaired) electrons. The van der Waals surface area contributed by atoms with E-state index in [9.17, 15) is 9.59 Å². The number of nitrogens with one attached hydrogen (secondary N) is 1. The molecule has 1 fully saturated rings. The Bertz CT molecular complexity index is 1200. The van der Waals surface area contributed by atoms with Crippen LogP contribution in [0.25, 0.3) is 0 Å². The Morgan fingerprint density at radius 3 is 2.69 bits per heavy atom. The third kappa shape index (κ3) is 4.48. The predicted octanol–water partition coefficient (Wildman–Crippen LogP) is 3.84. The molecular formula is C27H30N4O3S. The monoisotopic (exact) mass is 490 g/mol. The normalized spacial score (nSPS) is 20.6. The maximum absolute atomic E-state index is 13.1. The fourth-order valence-electron chi connectivity index (χ4n) is 5.63. The molecule has 5 rings (SSSR count). The Balaban J connectivity index is 1.38. The van der Waals surface area contributed by atoms with Crippen LogP contribution in [0.2, 0.25) is 0 Å². The number of benzene rings is 1. The van der Waals surface area contributed by atoms with Gasteiger partial charge >= 0.3 is 0 Å². The highest BCUT2D eigenvalue weighted by Gasteiger charge is 2.54. The van der Waals surface area contributed by atoms with Crippen molar-refractivity contribution in [2.24, 2.45) is 0 Å². The van der Waals surface area contributed by atoms with Crippen molar-refractivity contribution in [3.8, 4) is 0 Å². The highest BCUT2D eigenvalue weighted by atomic mass is 32.1. The lowest BCUT2D eigenvalue weighted by Crippen LogP contribution is -2.52. The first-order valence-corrected chi connectivity index (χ1v) is 13.0. The van der Waals surface area contributed by atoms with Gasteiger partial charge in [0.2, 0.25) is 5.91 Å². The molecule has 7 nitrogen and oxygen atoms in total. The highest BCUT2D eigenvalue weighted by molar-refractivity contribution is 7.09. The van der Waals surface area contributed by atoms with E-state index in [4.69, 9.17) is 4.74 Å². The van der Waals surface area contributed by atoms with Crippen molar-refractivity contribution >= 4 is 23.2 Å². The first-order chi connectivity index (χ1) is 17.0. The van der Waals surface area contributed by atoms with Crippen molar-refractivity contribution in [3.63, 3.8) is 0 Å². The van der Waals surface area contributed by atoms with Gasteiger partial charge in [0.25, 0.3) is 5.91 Å². The highest BCUT2D eigenvalue weighted by Crippen LogP contribution is 2.52. The minimum Gasteiger partial charge on any atom is -0.375 e. The summed E-state index contributed by atoms with van der Waals surface area (Å²) in [5.41, 5.74) is 3.43. The number of amides is 2. The zero-order chi connectivity index (χ0) is 24.4. The van der Waals surface area contributed by atoms with Crippen LogP contribution in [0, 0.1) is 6.92 Å². The van der Waals surface area contributed by atoms with Crippen molar-refractivity contribution in [2.75, 3.05) is 19.7 Å². The van der Waals surface area contributed by atoms with Crippen LogP contribution < -0.4 is 5.32 Å². The zero-order valence-corrected chi connectivity index (χ0v) is 20.9. The van der Waals surface area contributed by atoms with Gasteiger partial charge in [0.1, 0.15) is 0 Å². The zero-order valence-electron chi connectivity index (χ0n) is 20.1. The summed E-state index contributed by atoms with van der Waals surface area (Å²) in [5.74, 6) is -0.0448. The molecule has 1 aromatic carbocycles. The van der Waals surface area contributed by atoms with E-state index in [1.807, 2.05) is 30.2 Å². The molecule has 1 aliphatic heterocycles. The van der Waals surface area contributed by atoms with Gasteiger partial charge in [-0.15, -0.1) is 11.3 Å². The van der Waals surface area contributed by atoms with E-state index in [1.54, 1.807) is 35.9 Å². The number of pyridine rings is 1. The van der Waals surface area contributed by atoms with Crippen LogP contribution in [0.1, 0.15) is 58.0 Å². The first kappa shape index (κ1) is 23.6. The van der Waals surface area contributed by atoms with Crippen molar-refractivity contribution in [3.05, 3.63) is 81.6 Å². The topological polar surface area (TPSA) is 84.4 Å². The second-order valence-electron chi connectivity index (χ2n) is 9.23. The molecule has 2 aliphatic rings. The van der Waals surface area contributed by atoms with Gasteiger partial charge in [0, 0.05) is 42.9 Å². The van der Waals surface area contributed by atoms with E-state index in [0.717, 1.165) is 29.1 Å². The van der Waals surface area contributed by atoms with E-state index in [2.05, 4.69) is 33.5 Å². The fraction of sp³-hybridized carbons (Fsp3) is 0.407. The molecule has 0 bridgehead atoms. The number of carbonyl (C=O) groups excluding carboxylic acids is 2. The van der Waals surface area contributed by atoms with Crippen molar-refractivity contribution in [2.45, 2.75) is 50.7 Å². The molecule has 1 N–H and O–H groups in total. The molecule has 1 spiro atoms. The van der Waals surface area contributed by atoms with Crippen LogP contribution in [0.5, 0.6) is 0 Å². The Hall–Kier alpha value is -3.10. The molecule has 2 atom stereocenters. The average molecular weight is 491 g/mol. The Morgan fingerprint density at radius 2 is 2.00 bits per heavy atom. The number of likely N-dealkylation sites (tertiary alicyclic amines) is 1. The minimum absolute atomic E-state index is 0.117. The maximum atomic E-state index is 13.1. The lowest BCUT2D eigenvalue weighted by atomic mass is 9.71. The van der Waals surface area contributed by atoms with Crippen molar-refractivity contribution < 1.29 is 14.3 Å². The summed E-state index contributed by atoms with van der Waals surface area (Å²) in [5, 5.41) is 6.18. The van der Waals surface area contributed by atoms with Crippen molar-refractivity contribution in [1.29, 1.82) is 0 Å². The number of hydrogen-bond acceptors (Lipinski definition) is 6. The number of aryl methyl sites for hydroxylation is 1. The van der Waals surface area contributed by atoms with Gasteiger partial charge < -0.3 is 15.0 Å². The summed E-state index contributed by atoms with van der Waals surface area (Å²) >= 11 is 1.57. The summed E-state index contributed by atoms with van der Waals surface area (Å²) < 4.78 is 6.38. The number of thiazole rings is 1. The van der Waals surface area contributed by atoms with E-state index in [1.165, 1.54) is 5.56 Å².